The van der Waals surface area contributed by atoms with Crippen molar-refractivity contribution in [1.29, 1.82) is 0 Å². The summed E-state index contributed by atoms with van der Waals surface area (Å²) in [5.74, 6) is 1.88. The van der Waals surface area contributed by atoms with Crippen LogP contribution in [0.25, 0.3) is 0 Å². The van der Waals surface area contributed by atoms with Crippen molar-refractivity contribution >= 4 is 27.7 Å². The molecule has 102 valence electrons. The minimum atomic E-state index is 0.216. The van der Waals surface area contributed by atoms with Gasteiger partial charge in [0.05, 0.1) is 7.11 Å². The van der Waals surface area contributed by atoms with Crippen LogP contribution in [0.15, 0.2) is 22.7 Å². The van der Waals surface area contributed by atoms with Crippen molar-refractivity contribution in [1.82, 2.24) is 5.32 Å². The van der Waals surface area contributed by atoms with Gasteiger partial charge in [0.1, 0.15) is 5.75 Å². The highest BCUT2D eigenvalue weighted by molar-refractivity contribution is 9.10. The third-order valence-corrected chi connectivity index (χ3v) is 3.90. The molecule has 5 heteroatoms. The number of thioether (sulfide) groups is 1. The highest BCUT2D eigenvalue weighted by Gasteiger charge is 2.09. The summed E-state index contributed by atoms with van der Waals surface area (Å²) in [7, 11) is 1.68. The molecule has 3 nitrogen and oxygen atoms in total. The average Bonchev–Trinajstić information content (AvgIpc) is 2.36. The molecule has 0 saturated carbocycles. The Hall–Kier alpha value is -0.230. The summed E-state index contributed by atoms with van der Waals surface area (Å²) >= 11 is 5.25. The Balaban J connectivity index is 2.62. The molecule has 0 radical (unpaired) electrons. The summed E-state index contributed by atoms with van der Waals surface area (Å²) in [4.78, 5) is 0. The van der Waals surface area contributed by atoms with Crippen LogP contribution in [0.3, 0.4) is 0 Å². The van der Waals surface area contributed by atoms with E-state index in [0.717, 1.165) is 34.5 Å². The first kappa shape index (κ1) is 15.8. The predicted molar refractivity (Wildman–Crippen MR) is 81.4 cm³/mol. The minimum Gasteiger partial charge on any atom is -0.496 e. The maximum atomic E-state index is 9.02. The third-order valence-electron chi connectivity index (χ3n) is 2.67. The molecule has 0 fully saturated rings. The second-order valence-corrected chi connectivity index (χ2v) is 5.83. The summed E-state index contributed by atoms with van der Waals surface area (Å²) in [5.41, 5.74) is 1.12. The third kappa shape index (κ3) is 5.18. The van der Waals surface area contributed by atoms with E-state index >= 15 is 0 Å². The summed E-state index contributed by atoms with van der Waals surface area (Å²) in [5, 5.41) is 12.5. The van der Waals surface area contributed by atoms with Crippen molar-refractivity contribution in [2.45, 2.75) is 19.0 Å². The largest absolute Gasteiger partial charge is 0.496 e. The standard InChI is InChI=1S/C13H20BrNO2S/c1-17-13-4-3-11(14)7-10(13)8-15-12(5-6-16)9-18-2/h3-4,7,12,15-16H,5-6,8-9H2,1-2H3. The lowest BCUT2D eigenvalue weighted by Gasteiger charge is -2.18. The fourth-order valence-electron chi connectivity index (χ4n) is 1.74. The molecule has 0 bridgehead atoms. The van der Waals surface area contributed by atoms with Gasteiger partial charge in [-0.3, -0.25) is 0 Å². The van der Waals surface area contributed by atoms with Crippen molar-refractivity contribution < 1.29 is 9.84 Å². The van der Waals surface area contributed by atoms with Gasteiger partial charge in [-0.2, -0.15) is 11.8 Å². The Kier molecular flexibility index (Phi) is 7.74. The molecule has 1 unspecified atom stereocenters. The number of methoxy groups -OCH3 is 1. The number of aliphatic hydroxyl groups is 1. The van der Waals surface area contributed by atoms with Crippen LogP contribution in [-0.2, 0) is 6.54 Å². The van der Waals surface area contributed by atoms with Gasteiger partial charge in [-0.25, -0.2) is 0 Å². The molecule has 2 N–H and O–H groups in total. The summed E-state index contributed by atoms with van der Waals surface area (Å²) < 4.78 is 6.38. The van der Waals surface area contributed by atoms with Gasteiger partial charge in [-0.05, 0) is 30.9 Å². The number of rotatable bonds is 8. The molecular formula is C13H20BrNO2S. The Morgan fingerprint density at radius 1 is 1.50 bits per heavy atom. The molecule has 1 atom stereocenters. The number of ether oxygens (including phenoxy) is 1. The van der Waals surface area contributed by atoms with E-state index in [-0.39, 0.29) is 6.61 Å². The number of hydrogen-bond acceptors (Lipinski definition) is 4. The number of halogens is 1. The number of aliphatic hydroxyl groups excluding tert-OH is 1. The fraction of sp³-hybridized carbons (Fsp3) is 0.538. The zero-order valence-corrected chi connectivity index (χ0v) is 13.2. The molecule has 0 saturated heterocycles. The molecule has 1 rings (SSSR count). The number of nitrogens with one attached hydrogen (secondary N) is 1. The monoisotopic (exact) mass is 333 g/mol. The zero-order valence-electron chi connectivity index (χ0n) is 10.8. The van der Waals surface area contributed by atoms with Gasteiger partial charge in [-0.15, -0.1) is 0 Å². The number of hydrogen-bond donors (Lipinski definition) is 2. The normalized spacial score (nSPS) is 12.4. The van der Waals surface area contributed by atoms with Gasteiger partial charge >= 0.3 is 0 Å². The van der Waals surface area contributed by atoms with Crippen LogP contribution in [-0.4, -0.2) is 36.9 Å². The Bertz CT molecular complexity index is 357. The van der Waals surface area contributed by atoms with E-state index in [2.05, 4.69) is 33.6 Å². The smallest absolute Gasteiger partial charge is 0.123 e. The van der Waals surface area contributed by atoms with Crippen LogP contribution >= 0.6 is 27.7 Å². The SMILES string of the molecule is COc1ccc(Br)cc1CNC(CCO)CSC. The molecule has 1 aromatic rings. The van der Waals surface area contributed by atoms with Crippen LogP contribution in [0.1, 0.15) is 12.0 Å². The van der Waals surface area contributed by atoms with Crippen molar-refractivity contribution in [3.8, 4) is 5.75 Å². The first-order chi connectivity index (χ1) is 8.71. The second-order valence-electron chi connectivity index (χ2n) is 4.00. The van der Waals surface area contributed by atoms with Crippen molar-refractivity contribution in [2.24, 2.45) is 0 Å². The highest BCUT2D eigenvalue weighted by atomic mass is 79.9. The molecule has 0 aromatic heterocycles. The van der Waals surface area contributed by atoms with Gasteiger partial charge in [0.2, 0.25) is 0 Å². The van der Waals surface area contributed by atoms with Crippen LogP contribution < -0.4 is 10.1 Å². The van der Waals surface area contributed by atoms with Gasteiger partial charge in [0, 0.05) is 35.0 Å². The van der Waals surface area contributed by atoms with Crippen LogP contribution in [0.4, 0.5) is 0 Å². The Morgan fingerprint density at radius 3 is 2.89 bits per heavy atom. The quantitative estimate of drug-likeness (QED) is 0.767. The van der Waals surface area contributed by atoms with Crippen molar-refractivity contribution in [2.75, 3.05) is 25.7 Å². The molecule has 0 heterocycles. The number of benzene rings is 1. The summed E-state index contributed by atoms with van der Waals surface area (Å²) in [6.45, 7) is 0.960. The van der Waals surface area contributed by atoms with Crippen LogP contribution in [0, 0.1) is 0 Å². The summed E-state index contributed by atoms with van der Waals surface area (Å²) in [6, 6.07) is 6.31. The highest BCUT2D eigenvalue weighted by Crippen LogP contribution is 2.23. The first-order valence-corrected chi connectivity index (χ1v) is 8.05. The van der Waals surface area contributed by atoms with Crippen molar-refractivity contribution in [3.63, 3.8) is 0 Å². The molecule has 0 aliphatic heterocycles. The van der Waals surface area contributed by atoms with Crippen LogP contribution in [0.2, 0.25) is 0 Å². The minimum absolute atomic E-state index is 0.216. The van der Waals surface area contributed by atoms with Crippen molar-refractivity contribution in [3.05, 3.63) is 28.2 Å². The van der Waals surface area contributed by atoms with Gasteiger partial charge in [0.15, 0.2) is 0 Å². The molecular weight excluding hydrogens is 314 g/mol. The lowest BCUT2D eigenvalue weighted by molar-refractivity contribution is 0.269. The average molecular weight is 334 g/mol. The fourth-order valence-corrected chi connectivity index (χ4v) is 2.84. The molecule has 1 aromatic carbocycles. The molecule has 0 aliphatic rings. The molecule has 0 amide bonds. The van der Waals surface area contributed by atoms with Crippen LogP contribution in [0.5, 0.6) is 5.75 Å². The van der Waals surface area contributed by atoms with E-state index in [9.17, 15) is 0 Å². The molecule has 0 aliphatic carbocycles. The molecule has 18 heavy (non-hydrogen) atoms. The first-order valence-electron chi connectivity index (χ1n) is 5.86. The second kappa shape index (κ2) is 8.80. The van der Waals surface area contributed by atoms with Gasteiger partial charge in [0.25, 0.3) is 0 Å². The molecule has 0 spiro atoms. The lowest BCUT2D eigenvalue weighted by Crippen LogP contribution is -2.31. The van der Waals surface area contributed by atoms with Gasteiger partial charge in [-0.1, -0.05) is 15.9 Å². The topological polar surface area (TPSA) is 41.5 Å². The van der Waals surface area contributed by atoms with E-state index in [4.69, 9.17) is 9.84 Å². The van der Waals surface area contributed by atoms with E-state index in [0.29, 0.717) is 6.04 Å². The van der Waals surface area contributed by atoms with E-state index < -0.39 is 0 Å². The zero-order chi connectivity index (χ0) is 13.4. The van der Waals surface area contributed by atoms with E-state index in [1.165, 1.54) is 0 Å². The Labute approximate surface area is 121 Å². The summed E-state index contributed by atoms with van der Waals surface area (Å²) in [6.07, 6.45) is 2.85. The van der Waals surface area contributed by atoms with E-state index in [1.54, 1.807) is 18.9 Å². The maximum Gasteiger partial charge on any atom is 0.123 e. The predicted octanol–water partition coefficient (Wildman–Crippen LogP) is 2.66. The Morgan fingerprint density at radius 2 is 2.28 bits per heavy atom. The lowest BCUT2D eigenvalue weighted by atomic mass is 10.1. The maximum absolute atomic E-state index is 9.02. The van der Waals surface area contributed by atoms with Gasteiger partial charge < -0.3 is 15.2 Å². The van der Waals surface area contributed by atoms with E-state index in [1.807, 2.05) is 12.1 Å².